The van der Waals surface area contributed by atoms with Gasteiger partial charge in [-0.25, -0.2) is 4.79 Å². The Hall–Kier alpha value is -1.76. The Morgan fingerprint density at radius 2 is 1.36 bits per heavy atom. The molecule has 6 nitrogen and oxygen atoms in total. The molecular formula is C16H22O6. The Morgan fingerprint density at radius 1 is 0.818 bits per heavy atom. The Labute approximate surface area is 130 Å². The molecule has 1 aromatic rings. The predicted octanol–water partition coefficient (Wildman–Crippen LogP) is 1.48. The molecule has 0 saturated carbocycles. The molecule has 0 fully saturated rings. The fourth-order valence-corrected chi connectivity index (χ4v) is 1.55. The lowest BCUT2D eigenvalue weighted by atomic mass is 10.1. The van der Waals surface area contributed by atoms with Crippen LogP contribution in [0.2, 0.25) is 0 Å². The van der Waals surface area contributed by atoms with Gasteiger partial charge in [0.1, 0.15) is 6.61 Å². The average molecular weight is 310 g/mol. The minimum atomic E-state index is -0.872. The van der Waals surface area contributed by atoms with Gasteiger partial charge in [0.15, 0.2) is 0 Å². The third-order valence-corrected chi connectivity index (χ3v) is 2.63. The molecule has 0 aliphatic carbocycles. The summed E-state index contributed by atoms with van der Waals surface area (Å²) in [6.45, 7) is 4.80. The highest BCUT2D eigenvalue weighted by atomic mass is 16.6. The number of Topliss-reactive ketones (excluding diaryl/α,β-unsaturated/α-hetero) is 1. The average Bonchev–Trinajstić information content (AvgIpc) is 2.56. The molecule has 0 heterocycles. The van der Waals surface area contributed by atoms with Crippen LogP contribution in [0.1, 0.15) is 17.3 Å². The first-order valence-electron chi connectivity index (χ1n) is 7.25. The molecule has 0 spiro atoms. The molecule has 0 aromatic heterocycles. The van der Waals surface area contributed by atoms with Crippen LogP contribution in [0.5, 0.6) is 0 Å². The van der Waals surface area contributed by atoms with Crippen LogP contribution in [0.15, 0.2) is 30.3 Å². The molecule has 122 valence electrons. The van der Waals surface area contributed by atoms with E-state index in [0.29, 0.717) is 38.6 Å². The summed E-state index contributed by atoms with van der Waals surface area (Å²) in [5.74, 6) is -1.53. The Kier molecular flexibility index (Phi) is 9.85. The zero-order valence-electron chi connectivity index (χ0n) is 12.8. The van der Waals surface area contributed by atoms with E-state index in [4.69, 9.17) is 18.9 Å². The second kappa shape index (κ2) is 11.9. The van der Waals surface area contributed by atoms with Crippen molar-refractivity contribution in [2.45, 2.75) is 6.92 Å². The lowest BCUT2D eigenvalue weighted by Gasteiger charge is -2.06. The minimum Gasteiger partial charge on any atom is -0.457 e. The number of carbonyl (C=O) groups is 2. The molecule has 1 rings (SSSR count). The summed E-state index contributed by atoms with van der Waals surface area (Å²) in [5, 5.41) is 0. The normalized spacial score (nSPS) is 10.4. The van der Waals surface area contributed by atoms with E-state index in [9.17, 15) is 9.59 Å². The van der Waals surface area contributed by atoms with Gasteiger partial charge in [0.25, 0.3) is 5.78 Å². The number of hydrogen-bond donors (Lipinski definition) is 0. The Bertz CT molecular complexity index is 432. The molecule has 22 heavy (non-hydrogen) atoms. The van der Waals surface area contributed by atoms with Crippen molar-refractivity contribution in [2.24, 2.45) is 0 Å². The van der Waals surface area contributed by atoms with E-state index >= 15 is 0 Å². The highest BCUT2D eigenvalue weighted by Gasteiger charge is 2.16. The molecule has 0 unspecified atom stereocenters. The van der Waals surface area contributed by atoms with Crippen LogP contribution in [0.3, 0.4) is 0 Å². The summed E-state index contributed by atoms with van der Waals surface area (Å²) in [4.78, 5) is 23.2. The van der Waals surface area contributed by atoms with E-state index in [0.717, 1.165) is 0 Å². The van der Waals surface area contributed by atoms with Crippen molar-refractivity contribution in [3.05, 3.63) is 35.9 Å². The zero-order chi connectivity index (χ0) is 16.0. The van der Waals surface area contributed by atoms with Crippen molar-refractivity contribution in [1.82, 2.24) is 0 Å². The molecule has 0 radical (unpaired) electrons. The van der Waals surface area contributed by atoms with Gasteiger partial charge in [0.2, 0.25) is 0 Å². The van der Waals surface area contributed by atoms with Gasteiger partial charge in [-0.15, -0.1) is 0 Å². The lowest BCUT2D eigenvalue weighted by molar-refractivity contribution is -0.139. The quantitative estimate of drug-likeness (QED) is 0.252. The van der Waals surface area contributed by atoms with Crippen LogP contribution in [-0.2, 0) is 23.7 Å². The number of carbonyl (C=O) groups excluding carboxylic acids is 2. The van der Waals surface area contributed by atoms with Crippen molar-refractivity contribution >= 4 is 11.8 Å². The number of benzene rings is 1. The molecule has 0 atom stereocenters. The molecular weight excluding hydrogens is 288 g/mol. The first kappa shape index (κ1) is 18.3. The standard InChI is InChI=1S/C16H22O6/c1-2-19-8-9-20-10-11-21-12-13-22-16(18)15(17)14-6-4-3-5-7-14/h3-7H,2,8-13H2,1H3. The number of rotatable bonds is 12. The molecule has 0 saturated heterocycles. The van der Waals surface area contributed by atoms with Gasteiger partial charge in [-0.2, -0.15) is 0 Å². The fourth-order valence-electron chi connectivity index (χ4n) is 1.55. The maximum atomic E-state index is 11.7. The van der Waals surface area contributed by atoms with Gasteiger partial charge in [0.05, 0.1) is 33.0 Å². The maximum Gasteiger partial charge on any atom is 0.379 e. The Morgan fingerprint density at radius 3 is 1.95 bits per heavy atom. The number of esters is 1. The van der Waals surface area contributed by atoms with Gasteiger partial charge >= 0.3 is 5.97 Å². The van der Waals surface area contributed by atoms with E-state index in [1.807, 2.05) is 6.92 Å². The number of ether oxygens (including phenoxy) is 4. The highest BCUT2D eigenvalue weighted by molar-refractivity contribution is 6.40. The summed E-state index contributed by atoms with van der Waals surface area (Å²) in [6.07, 6.45) is 0. The van der Waals surface area contributed by atoms with E-state index in [1.54, 1.807) is 30.3 Å². The first-order valence-corrected chi connectivity index (χ1v) is 7.25. The van der Waals surface area contributed by atoms with Crippen LogP contribution in [-0.4, -0.2) is 58.0 Å². The number of ketones is 1. The fraction of sp³-hybridized carbons (Fsp3) is 0.500. The van der Waals surface area contributed by atoms with Crippen molar-refractivity contribution in [2.75, 3.05) is 46.2 Å². The first-order chi connectivity index (χ1) is 10.8. The van der Waals surface area contributed by atoms with Crippen LogP contribution in [0.4, 0.5) is 0 Å². The smallest absolute Gasteiger partial charge is 0.379 e. The van der Waals surface area contributed by atoms with Crippen LogP contribution >= 0.6 is 0 Å². The summed E-state index contributed by atoms with van der Waals surface area (Å²) < 4.78 is 20.4. The Balaban J connectivity index is 2.00. The molecule has 0 amide bonds. The predicted molar refractivity (Wildman–Crippen MR) is 79.9 cm³/mol. The second-order valence-electron chi connectivity index (χ2n) is 4.25. The van der Waals surface area contributed by atoms with E-state index in [2.05, 4.69) is 0 Å². The molecule has 1 aromatic carbocycles. The van der Waals surface area contributed by atoms with Gasteiger partial charge < -0.3 is 18.9 Å². The van der Waals surface area contributed by atoms with E-state index in [-0.39, 0.29) is 13.2 Å². The third kappa shape index (κ3) is 7.87. The molecule has 0 aliphatic heterocycles. The van der Waals surface area contributed by atoms with Crippen LogP contribution in [0.25, 0.3) is 0 Å². The summed E-state index contributed by atoms with van der Waals surface area (Å²) in [6, 6.07) is 8.29. The van der Waals surface area contributed by atoms with Gasteiger partial charge in [-0.3, -0.25) is 4.79 Å². The minimum absolute atomic E-state index is 0.0380. The summed E-state index contributed by atoms with van der Waals surface area (Å²) in [5.41, 5.74) is 0.316. The largest absolute Gasteiger partial charge is 0.457 e. The SMILES string of the molecule is CCOCCOCCOCCOC(=O)C(=O)c1ccccc1. The summed E-state index contributed by atoms with van der Waals surface area (Å²) >= 11 is 0. The topological polar surface area (TPSA) is 71.1 Å². The van der Waals surface area contributed by atoms with Crippen molar-refractivity contribution in [3.63, 3.8) is 0 Å². The van der Waals surface area contributed by atoms with Crippen LogP contribution < -0.4 is 0 Å². The van der Waals surface area contributed by atoms with Gasteiger partial charge in [-0.05, 0) is 6.92 Å². The highest BCUT2D eigenvalue weighted by Crippen LogP contribution is 2.01. The van der Waals surface area contributed by atoms with E-state index < -0.39 is 11.8 Å². The van der Waals surface area contributed by atoms with Gasteiger partial charge in [-0.1, -0.05) is 30.3 Å². The lowest BCUT2D eigenvalue weighted by Crippen LogP contribution is -2.20. The van der Waals surface area contributed by atoms with Crippen molar-refractivity contribution in [1.29, 1.82) is 0 Å². The van der Waals surface area contributed by atoms with E-state index in [1.165, 1.54) is 0 Å². The van der Waals surface area contributed by atoms with Crippen molar-refractivity contribution in [3.8, 4) is 0 Å². The molecule has 0 N–H and O–H groups in total. The van der Waals surface area contributed by atoms with Crippen molar-refractivity contribution < 1.29 is 28.5 Å². The molecule has 0 bridgehead atoms. The monoisotopic (exact) mass is 310 g/mol. The van der Waals surface area contributed by atoms with Crippen LogP contribution in [0, 0.1) is 0 Å². The van der Waals surface area contributed by atoms with Gasteiger partial charge in [0, 0.05) is 12.2 Å². The number of hydrogen-bond acceptors (Lipinski definition) is 6. The zero-order valence-corrected chi connectivity index (χ0v) is 12.8. The maximum absolute atomic E-state index is 11.7. The third-order valence-electron chi connectivity index (χ3n) is 2.63. The molecule has 0 aliphatic rings. The second-order valence-corrected chi connectivity index (χ2v) is 4.25. The molecule has 6 heteroatoms. The summed E-state index contributed by atoms with van der Waals surface area (Å²) in [7, 11) is 0.